The Morgan fingerprint density at radius 3 is 2.68 bits per heavy atom. The fourth-order valence-electron chi connectivity index (χ4n) is 3.29. The summed E-state index contributed by atoms with van der Waals surface area (Å²) in [6.45, 7) is 3.64. The van der Waals surface area contributed by atoms with Crippen LogP contribution in [0.3, 0.4) is 0 Å². The summed E-state index contributed by atoms with van der Waals surface area (Å²) in [5.74, 6) is 0.343. The molecule has 1 fully saturated rings. The molecule has 1 aliphatic rings. The molecule has 0 radical (unpaired) electrons. The average Bonchev–Trinajstić information content (AvgIpc) is 3.08. The first-order valence-electron chi connectivity index (χ1n) is 8.78. The van der Waals surface area contributed by atoms with Crippen molar-refractivity contribution in [1.29, 1.82) is 0 Å². The van der Waals surface area contributed by atoms with Crippen molar-refractivity contribution in [3.63, 3.8) is 0 Å². The summed E-state index contributed by atoms with van der Waals surface area (Å²) in [7, 11) is -1.48. The average molecular weight is 407 g/mol. The largest absolute Gasteiger partial charge is 0.377 e. The lowest BCUT2D eigenvalue weighted by molar-refractivity contribution is 0.0984. The van der Waals surface area contributed by atoms with Gasteiger partial charge in [-0.1, -0.05) is 12.1 Å². The highest BCUT2D eigenvalue weighted by molar-refractivity contribution is 7.84. The third-order valence-electron chi connectivity index (χ3n) is 4.61. The molecule has 1 saturated heterocycles. The zero-order valence-electron chi connectivity index (χ0n) is 15.4. The van der Waals surface area contributed by atoms with Crippen LogP contribution in [0.25, 0.3) is 16.9 Å². The Hall–Kier alpha value is -2.46. The maximum Gasteiger partial charge on any atom is 0.296 e. The molecule has 2 atom stereocenters. The van der Waals surface area contributed by atoms with E-state index in [2.05, 4.69) is 15.0 Å². The Bertz CT molecular complexity index is 1040. The topological polar surface area (TPSA) is 73.1 Å². The Labute approximate surface area is 162 Å². The fourth-order valence-corrected chi connectivity index (χ4v) is 3.73. The van der Waals surface area contributed by atoms with Crippen molar-refractivity contribution in [2.24, 2.45) is 0 Å². The Kier molecular flexibility index (Phi) is 5.07. The van der Waals surface area contributed by atoms with Crippen molar-refractivity contribution in [1.82, 2.24) is 19.5 Å². The number of anilines is 1. The summed E-state index contributed by atoms with van der Waals surface area (Å²) in [6.07, 6.45) is -1.32. The number of hydrogen-bond donors (Lipinski definition) is 0. The van der Waals surface area contributed by atoms with E-state index in [1.807, 2.05) is 11.8 Å². The van der Waals surface area contributed by atoms with Gasteiger partial charge in [0.25, 0.3) is 6.43 Å². The molecule has 0 amide bonds. The summed E-state index contributed by atoms with van der Waals surface area (Å²) in [5, 5.41) is 0.0872. The predicted octanol–water partition coefficient (Wildman–Crippen LogP) is 2.72. The lowest BCUT2D eigenvalue weighted by atomic mass is 10.2. The molecule has 1 aliphatic heterocycles. The van der Waals surface area contributed by atoms with Gasteiger partial charge in [-0.05, 0) is 19.1 Å². The van der Waals surface area contributed by atoms with E-state index in [9.17, 15) is 13.0 Å². The molecular weight excluding hydrogens is 388 g/mol. The predicted molar refractivity (Wildman–Crippen MR) is 102 cm³/mol. The van der Waals surface area contributed by atoms with Crippen LogP contribution in [0, 0.1) is 0 Å². The first-order chi connectivity index (χ1) is 13.5. The van der Waals surface area contributed by atoms with Gasteiger partial charge < -0.3 is 9.64 Å². The van der Waals surface area contributed by atoms with Gasteiger partial charge in [0.15, 0.2) is 5.82 Å². The zero-order valence-corrected chi connectivity index (χ0v) is 16.2. The highest BCUT2D eigenvalue weighted by Crippen LogP contribution is 2.29. The van der Waals surface area contributed by atoms with Crippen molar-refractivity contribution in [3.8, 4) is 5.82 Å². The number of alkyl halides is 2. The number of halogens is 2. The number of nitrogens with zero attached hydrogens (tertiary/aromatic N) is 5. The Balaban J connectivity index is 1.94. The van der Waals surface area contributed by atoms with Crippen LogP contribution in [0.1, 0.15) is 19.2 Å². The number of hydrogen-bond acceptors (Lipinski definition) is 6. The van der Waals surface area contributed by atoms with Gasteiger partial charge in [-0.2, -0.15) is 0 Å². The lowest BCUT2D eigenvalue weighted by Gasteiger charge is -2.34. The lowest BCUT2D eigenvalue weighted by Crippen LogP contribution is -2.44. The number of fused-ring (bicyclic) bond motifs is 1. The minimum Gasteiger partial charge on any atom is -0.377 e. The molecule has 0 spiro atoms. The molecule has 10 heteroatoms. The van der Waals surface area contributed by atoms with Crippen molar-refractivity contribution in [2.45, 2.75) is 24.5 Å². The number of para-hydroxylation sites is 2. The number of benzene rings is 1. The smallest absolute Gasteiger partial charge is 0.296 e. The maximum absolute atomic E-state index is 13.7. The second-order valence-corrected chi connectivity index (χ2v) is 7.81. The van der Waals surface area contributed by atoms with Crippen LogP contribution in [-0.4, -0.2) is 55.8 Å². The molecule has 2 unspecified atom stereocenters. The van der Waals surface area contributed by atoms with E-state index < -0.39 is 23.0 Å². The minimum atomic E-state index is -2.79. The van der Waals surface area contributed by atoms with Gasteiger partial charge in [0.05, 0.1) is 41.1 Å². The third kappa shape index (κ3) is 3.37. The van der Waals surface area contributed by atoms with E-state index in [1.165, 1.54) is 10.8 Å². The zero-order chi connectivity index (χ0) is 19.8. The van der Waals surface area contributed by atoms with E-state index in [4.69, 9.17) is 4.74 Å². The number of morpholine rings is 1. The molecule has 4 rings (SSSR count). The van der Waals surface area contributed by atoms with E-state index in [0.717, 1.165) is 0 Å². The normalized spacial score (nSPS) is 18.8. The molecule has 1 aromatic carbocycles. The molecule has 0 bridgehead atoms. The van der Waals surface area contributed by atoms with Crippen LogP contribution in [-0.2, 0) is 15.5 Å². The number of ether oxygens (including phenoxy) is 1. The van der Waals surface area contributed by atoms with Gasteiger partial charge in [0.2, 0.25) is 5.16 Å². The standard InChI is InChI=1S/C18H19F2N5O2S/c1-11-10-27-8-7-24(11)14-9-15(23-18(22-14)28(2)26)25-13-6-4-3-5-12(13)21-17(25)16(19)20/h3-6,9,11,16H,7-8,10H2,1-2H3. The summed E-state index contributed by atoms with van der Waals surface area (Å²) in [6, 6.07) is 8.55. The van der Waals surface area contributed by atoms with Crippen molar-refractivity contribution in [3.05, 3.63) is 36.2 Å². The quantitative estimate of drug-likeness (QED) is 0.620. The van der Waals surface area contributed by atoms with Gasteiger partial charge in [0, 0.05) is 18.9 Å². The highest BCUT2D eigenvalue weighted by atomic mass is 32.2. The number of aromatic nitrogens is 4. The summed E-state index contributed by atoms with van der Waals surface area (Å²) in [4.78, 5) is 14.8. The van der Waals surface area contributed by atoms with Crippen LogP contribution in [0.2, 0.25) is 0 Å². The van der Waals surface area contributed by atoms with Crippen LogP contribution < -0.4 is 4.90 Å². The first kappa shape index (κ1) is 18.9. The molecule has 3 aromatic rings. The molecule has 2 aromatic heterocycles. The summed E-state index contributed by atoms with van der Waals surface area (Å²) >= 11 is 0. The van der Waals surface area contributed by atoms with Crippen LogP contribution in [0.15, 0.2) is 35.5 Å². The molecule has 0 saturated carbocycles. The first-order valence-corrected chi connectivity index (χ1v) is 10.3. The van der Waals surface area contributed by atoms with Gasteiger partial charge in [0.1, 0.15) is 11.6 Å². The Morgan fingerprint density at radius 2 is 1.96 bits per heavy atom. The van der Waals surface area contributed by atoms with Crippen molar-refractivity contribution >= 4 is 27.7 Å². The summed E-state index contributed by atoms with van der Waals surface area (Å²) < 4.78 is 46.3. The number of imidazole rings is 1. The second kappa shape index (κ2) is 7.51. The molecule has 148 valence electrons. The van der Waals surface area contributed by atoms with Crippen LogP contribution in [0.4, 0.5) is 14.6 Å². The SMILES string of the molecule is CC1COCCN1c1cc(-n2c(C(F)F)nc3ccccc32)nc(S(C)=O)n1. The van der Waals surface area contributed by atoms with E-state index >= 15 is 0 Å². The van der Waals surface area contributed by atoms with Gasteiger partial charge in [-0.25, -0.2) is 23.7 Å². The molecule has 0 aliphatic carbocycles. The monoisotopic (exact) mass is 407 g/mol. The second-order valence-electron chi connectivity index (χ2n) is 6.53. The van der Waals surface area contributed by atoms with E-state index in [-0.39, 0.29) is 17.0 Å². The van der Waals surface area contributed by atoms with Crippen molar-refractivity contribution in [2.75, 3.05) is 30.9 Å². The third-order valence-corrected chi connectivity index (χ3v) is 5.31. The fraction of sp³-hybridized carbons (Fsp3) is 0.389. The van der Waals surface area contributed by atoms with Gasteiger partial charge in [-0.3, -0.25) is 8.78 Å². The summed E-state index contributed by atoms with van der Waals surface area (Å²) in [5.41, 5.74) is 0.946. The maximum atomic E-state index is 13.7. The highest BCUT2D eigenvalue weighted by Gasteiger charge is 2.25. The molecule has 28 heavy (non-hydrogen) atoms. The van der Waals surface area contributed by atoms with Crippen molar-refractivity contribution < 1.29 is 17.7 Å². The minimum absolute atomic E-state index is 0.0451. The van der Waals surface area contributed by atoms with Crippen LogP contribution in [0.5, 0.6) is 0 Å². The molecule has 0 N–H and O–H groups in total. The van der Waals surface area contributed by atoms with E-state index in [0.29, 0.717) is 36.6 Å². The van der Waals surface area contributed by atoms with E-state index in [1.54, 1.807) is 30.3 Å². The van der Waals surface area contributed by atoms with Gasteiger partial charge >= 0.3 is 0 Å². The van der Waals surface area contributed by atoms with Gasteiger partial charge in [-0.15, -0.1) is 0 Å². The molecule has 7 nitrogen and oxygen atoms in total. The van der Waals surface area contributed by atoms with Crippen LogP contribution >= 0.6 is 0 Å². The molecule has 3 heterocycles. The Morgan fingerprint density at radius 1 is 1.21 bits per heavy atom. The molecular formula is C18H19F2N5O2S. The number of rotatable bonds is 4.